The predicted octanol–water partition coefficient (Wildman–Crippen LogP) is 2.21. The van der Waals surface area contributed by atoms with Crippen molar-refractivity contribution in [1.82, 2.24) is 0 Å². The molecule has 0 aliphatic carbocycles. The normalized spacial score (nSPS) is 13.0. The van der Waals surface area contributed by atoms with Crippen LogP contribution in [0.4, 0.5) is 0 Å². The molecule has 0 aromatic heterocycles. The fourth-order valence-electron chi connectivity index (χ4n) is 1.01. The van der Waals surface area contributed by atoms with E-state index < -0.39 is 0 Å². The maximum atomic E-state index is 9.09. The van der Waals surface area contributed by atoms with Gasteiger partial charge in [-0.05, 0) is 53.6 Å². The van der Waals surface area contributed by atoms with Crippen molar-refractivity contribution in [3.05, 3.63) is 33.4 Å². The minimum atomic E-state index is -0.242. The van der Waals surface area contributed by atoms with Crippen molar-refractivity contribution in [1.29, 1.82) is 0 Å². The van der Waals surface area contributed by atoms with Crippen LogP contribution in [-0.2, 0) is 6.42 Å². The lowest BCUT2D eigenvalue weighted by molar-refractivity contribution is 0.195. The third-order valence-corrected chi connectivity index (χ3v) is 2.09. The number of aliphatic hydroxyl groups is 1. The first kappa shape index (κ1) is 9.00. The number of rotatable bonds is 2. The van der Waals surface area contributed by atoms with E-state index >= 15 is 0 Å². The summed E-state index contributed by atoms with van der Waals surface area (Å²) in [6.07, 6.45) is 0.504. The molecular weight excluding hydrogens is 251 g/mol. The molecule has 1 rings (SSSR count). The average Bonchev–Trinajstić information content (AvgIpc) is 1.85. The molecule has 0 heterocycles. The maximum absolute atomic E-state index is 9.09. The Morgan fingerprint density at radius 1 is 1.55 bits per heavy atom. The lowest BCUT2D eigenvalue weighted by Crippen LogP contribution is -2.03. The highest BCUT2D eigenvalue weighted by Gasteiger charge is 1.97. The molecular formula is C9H11IO. The molecule has 0 saturated carbocycles. The zero-order valence-corrected chi connectivity index (χ0v) is 8.58. The first-order valence-electron chi connectivity index (χ1n) is 3.61. The van der Waals surface area contributed by atoms with Gasteiger partial charge in [0.15, 0.2) is 0 Å². The summed E-state index contributed by atoms with van der Waals surface area (Å²) in [5, 5.41) is 9.09. The van der Waals surface area contributed by atoms with Crippen LogP contribution in [0.15, 0.2) is 24.3 Å². The van der Waals surface area contributed by atoms with Gasteiger partial charge in [-0.3, -0.25) is 0 Å². The fourth-order valence-corrected chi connectivity index (χ4v) is 1.61. The average molecular weight is 262 g/mol. The highest BCUT2D eigenvalue weighted by molar-refractivity contribution is 14.1. The molecule has 0 aliphatic heterocycles. The Labute approximate surface area is 80.6 Å². The summed E-state index contributed by atoms with van der Waals surface area (Å²) in [7, 11) is 0. The van der Waals surface area contributed by atoms with Gasteiger partial charge in [-0.25, -0.2) is 0 Å². The van der Waals surface area contributed by atoms with Crippen LogP contribution in [-0.4, -0.2) is 11.2 Å². The minimum Gasteiger partial charge on any atom is -0.393 e. The Balaban J connectivity index is 2.71. The molecule has 0 bridgehead atoms. The molecule has 1 aromatic rings. The van der Waals surface area contributed by atoms with Crippen LogP contribution in [0.3, 0.4) is 0 Å². The van der Waals surface area contributed by atoms with E-state index in [9.17, 15) is 0 Å². The van der Waals surface area contributed by atoms with Crippen molar-refractivity contribution in [3.63, 3.8) is 0 Å². The number of benzene rings is 1. The smallest absolute Gasteiger partial charge is 0.0552 e. The molecule has 0 fully saturated rings. The number of aliphatic hydroxyl groups excluding tert-OH is 1. The lowest BCUT2D eigenvalue weighted by Gasteiger charge is -2.03. The second-order valence-electron chi connectivity index (χ2n) is 2.68. The van der Waals surface area contributed by atoms with Crippen molar-refractivity contribution < 1.29 is 5.11 Å². The van der Waals surface area contributed by atoms with Gasteiger partial charge < -0.3 is 5.11 Å². The van der Waals surface area contributed by atoms with Crippen LogP contribution in [0.25, 0.3) is 0 Å². The van der Waals surface area contributed by atoms with Crippen molar-refractivity contribution in [2.24, 2.45) is 0 Å². The molecule has 2 heteroatoms. The Morgan fingerprint density at radius 3 is 2.82 bits per heavy atom. The van der Waals surface area contributed by atoms with Crippen LogP contribution < -0.4 is 0 Å². The summed E-state index contributed by atoms with van der Waals surface area (Å²) < 4.78 is 1.22. The van der Waals surface area contributed by atoms with E-state index in [0.29, 0.717) is 0 Å². The molecule has 1 atom stereocenters. The SMILES string of the molecule is CC(O)Cc1cccc(I)c1. The van der Waals surface area contributed by atoms with E-state index in [1.807, 2.05) is 18.2 Å². The molecule has 11 heavy (non-hydrogen) atoms. The van der Waals surface area contributed by atoms with Crippen molar-refractivity contribution in [3.8, 4) is 0 Å². The van der Waals surface area contributed by atoms with Crippen molar-refractivity contribution >= 4 is 22.6 Å². The van der Waals surface area contributed by atoms with E-state index in [0.717, 1.165) is 6.42 Å². The third kappa shape index (κ3) is 3.20. The zero-order chi connectivity index (χ0) is 8.27. The van der Waals surface area contributed by atoms with Gasteiger partial charge in [-0.2, -0.15) is 0 Å². The van der Waals surface area contributed by atoms with Gasteiger partial charge in [-0.1, -0.05) is 12.1 Å². The molecule has 0 aliphatic rings. The minimum absolute atomic E-state index is 0.242. The van der Waals surface area contributed by atoms with Crippen LogP contribution in [0, 0.1) is 3.57 Å². The summed E-state index contributed by atoms with van der Waals surface area (Å²) in [5.74, 6) is 0. The summed E-state index contributed by atoms with van der Waals surface area (Å²) in [6, 6.07) is 8.19. The molecule has 0 amide bonds. The molecule has 1 aromatic carbocycles. The Morgan fingerprint density at radius 2 is 2.27 bits per heavy atom. The molecule has 60 valence electrons. The monoisotopic (exact) mass is 262 g/mol. The quantitative estimate of drug-likeness (QED) is 0.810. The maximum Gasteiger partial charge on any atom is 0.0552 e. The van der Waals surface area contributed by atoms with Crippen LogP contribution in [0.5, 0.6) is 0 Å². The Bertz CT molecular complexity index is 233. The summed E-state index contributed by atoms with van der Waals surface area (Å²) in [6.45, 7) is 1.81. The van der Waals surface area contributed by atoms with Gasteiger partial charge in [0.05, 0.1) is 6.10 Å². The summed E-state index contributed by atoms with van der Waals surface area (Å²) in [4.78, 5) is 0. The van der Waals surface area contributed by atoms with Crippen molar-refractivity contribution in [2.75, 3.05) is 0 Å². The van der Waals surface area contributed by atoms with Crippen molar-refractivity contribution in [2.45, 2.75) is 19.4 Å². The van der Waals surface area contributed by atoms with Crippen LogP contribution in [0.1, 0.15) is 12.5 Å². The molecule has 0 spiro atoms. The van der Waals surface area contributed by atoms with E-state index in [-0.39, 0.29) is 6.10 Å². The van der Waals surface area contributed by atoms with E-state index in [4.69, 9.17) is 5.11 Å². The Hall–Kier alpha value is -0.0900. The number of hydrogen-bond donors (Lipinski definition) is 1. The summed E-state index contributed by atoms with van der Waals surface area (Å²) in [5.41, 5.74) is 1.20. The van der Waals surface area contributed by atoms with Gasteiger partial charge in [-0.15, -0.1) is 0 Å². The van der Waals surface area contributed by atoms with Gasteiger partial charge in [0, 0.05) is 3.57 Å². The Kier molecular flexibility index (Phi) is 3.33. The van der Waals surface area contributed by atoms with Crippen LogP contribution in [0.2, 0.25) is 0 Å². The topological polar surface area (TPSA) is 20.2 Å². The fraction of sp³-hybridized carbons (Fsp3) is 0.333. The summed E-state index contributed by atoms with van der Waals surface area (Å²) >= 11 is 2.27. The standard InChI is InChI=1S/C9H11IO/c1-7(11)5-8-3-2-4-9(10)6-8/h2-4,6-7,11H,5H2,1H3. The predicted molar refractivity (Wildman–Crippen MR) is 54.5 cm³/mol. The van der Waals surface area contributed by atoms with Gasteiger partial charge in [0.25, 0.3) is 0 Å². The highest BCUT2D eigenvalue weighted by Crippen LogP contribution is 2.09. The zero-order valence-electron chi connectivity index (χ0n) is 6.42. The third-order valence-electron chi connectivity index (χ3n) is 1.42. The molecule has 1 N–H and O–H groups in total. The first-order valence-corrected chi connectivity index (χ1v) is 4.69. The first-order chi connectivity index (χ1) is 5.18. The second-order valence-corrected chi connectivity index (χ2v) is 3.93. The number of halogens is 1. The van der Waals surface area contributed by atoms with Crippen LogP contribution >= 0.6 is 22.6 Å². The van der Waals surface area contributed by atoms with Gasteiger partial charge >= 0.3 is 0 Å². The van der Waals surface area contributed by atoms with Gasteiger partial charge in [0.2, 0.25) is 0 Å². The highest BCUT2D eigenvalue weighted by atomic mass is 127. The van der Waals surface area contributed by atoms with E-state index in [1.165, 1.54) is 9.13 Å². The molecule has 0 radical (unpaired) electrons. The lowest BCUT2D eigenvalue weighted by atomic mass is 10.1. The van der Waals surface area contributed by atoms with E-state index in [1.54, 1.807) is 6.92 Å². The second kappa shape index (κ2) is 4.07. The molecule has 0 saturated heterocycles. The van der Waals surface area contributed by atoms with Gasteiger partial charge in [0.1, 0.15) is 0 Å². The molecule has 1 nitrogen and oxygen atoms in total. The molecule has 1 unspecified atom stereocenters. The number of hydrogen-bond acceptors (Lipinski definition) is 1. The van der Waals surface area contributed by atoms with E-state index in [2.05, 4.69) is 28.7 Å². The largest absolute Gasteiger partial charge is 0.393 e.